The summed E-state index contributed by atoms with van der Waals surface area (Å²) in [6, 6.07) is 9.80. The second-order valence-electron chi connectivity index (χ2n) is 7.75. The van der Waals surface area contributed by atoms with Crippen molar-refractivity contribution in [1.29, 1.82) is 0 Å². The van der Waals surface area contributed by atoms with Crippen LogP contribution >= 0.6 is 0 Å². The molecule has 0 unspecified atom stereocenters. The largest absolute Gasteiger partial charge is 0.352 e. The molecule has 1 atom stereocenters. The average molecular weight is 478 g/mol. The fourth-order valence-electron chi connectivity index (χ4n) is 3.62. The van der Waals surface area contributed by atoms with Gasteiger partial charge >= 0.3 is 0 Å². The third-order valence-electron chi connectivity index (χ3n) is 5.42. The first-order valence-electron chi connectivity index (χ1n) is 10.4. The van der Waals surface area contributed by atoms with E-state index in [0.717, 1.165) is 24.0 Å². The molecule has 2 N–H and O–H groups in total. The molecule has 1 aliphatic heterocycles. The van der Waals surface area contributed by atoms with E-state index in [1.807, 2.05) is 0 Å². The summed E-state index contributed by atoms with van der Waals surface area (Å²) in [5, 5.41) is 3.48. The molecule has 1 heterocycles. The Morgan fingerprint density at radius 2 is 1.79 bits per heavy atom. The average Bonchev–Trinajstić information content (AvgIpc) is 3.27. The number of sulfonamides is 1. The topological polar surface area (TPSA) is 95.6 Å². The number of amides is 2. The van der Waals surface area contributed by atoms with Gasteiger partial charge in [0.1, 0.15) is 0 Å². The molecule has 1 fully saturated rings. The molecular formula is C23H25F2N3O4S. The lowest BCUT2D eigenvalue weighted by atomic mass is 10.1. The van der Waals surface area contributed by atoms with Gasteiger partial charge in [-0.15, -0.1) is 0 Å². The van der Waals surface area contributed by atoms with Gasteiger partial charge in [-0.25, -0.2) is 21.9 Å². The van der Waals surface area contributed by atoms with Gasteiger partial charge in [0, 0.05) is 36.6 Å². The zero-order valence-electron chi connectivity index (χ0n) is 17.9. The van der Waals surface area contributed by atoms with Crippen molar-refractivity contribution in [2.24, 2.45) is 0 Å². The van der Waals surface area contributed by atoms with Crippen molar-refractivity contribution in [3.63, 3.8) is 0 Å². The molecule has 2 aromatic carbocycles. The Kier molecular flexibility index (Phi) is 7.93. The number of carbonyl (C=O) groups is 2. The van der Waals surface area contributed by atoms with Crippen molar-refractivity contribution in [1.82, 2.24) is 14.9 Å². The first-order chi connectivity index (χ1) is 15.7. The Balaban J connectivity index is 1.54. The zero-order valence-corrected chi connectivity index (χ0v) is 18.7. The van der Waals surface area contributed by atoms with Gasteiger partial charge in [0.2, 0.25) is 15.9 Å². The van der Waals surface area contributed by atoms with E-state index in [1.54, 1.807) is 29.2 Å². The molecule has 2 amide bonds. The normalized spacial score (nSPS) is 15.9. The zero-order chi connectivity index (χ0) is 24.0. The minimum absolute atomic E-state index is 0.0633. The molecular weight excluding hydrogens is 452 g/mol. The number of nitrogens with zero attached hydrogens (tertiary/aromatic N) is 1. The Morgan fingerprint density at radius 3 is 2.45 bits per heavy atom. The van der Waals surface area contributed by atoms with Crippen molar-refractivity contribution in [3.8, 4) is 0 Å². The maximum atomic E-state index is 13.2. The molecule has 0 spiro atoms. The van der Waals surface area contributed by atoms with Crippen molar-refractivity contribution in [3.05, 3.63) is 82.8 Å². The highest BCUT2D eigenvalue weighted by molar-refractivity contribution is 7.92. The summed E-state index contributed by atoms with van der Waals surface area (Å²) in [6.45, 7) is 3.98. The number of halogens is 2. The lowest BCUT2D eigenvalue weighted by molar-refractivity contribution is -0.120. The van der Waals surface area contributed by atoms with Crippen LogP contribution in [0.25, 0.3) is 0 Å². The van der Waals surface area contributed by atoms with Crippen LogP contribution in [-0.2, 0) is 27.8 Å². The summed E-state index contributed by atoms with van der Waals surface area (Å²) in [7, 11) is -3.56. The van der Waals surface area contributed by atoms with Gasteiger partial charge in [0.15, 0.2) is 11.6 Å². The SMILES string of the molecule is C=CS(=O)(=O)NC[C@H]1CCCN1C(=O)c1ccc(CC(=O)NCc2ccc(F)c(F)c2)cc1. The lowest BCUT2D eigenvalue weighted by Crippen LogP contribution is -2.42. The van der Waals surface area contributed by atoms with Gasteiger partial charge in [0.25, 0.3) is 5.91 Å². The molecule has 3 rings (SSSR count). The van der Waals surface area contributed by atoms with E-state index in [0.29, 0.717) is 29.7 Å². The second kappa shape index (κ2) is 10.7. The van der Waals surface area contributed by atoms with Crippen LogP contribution in [0.5, 0.6) is 0 Å². The van der Waals surface area contributed by atoms with E-state index in [4.69, 9.17) is 0 Å². The van der Waals surface area contributed by atoms with E-state index in [-0.39, 0.29) is 37.4 Å². The predicted octanol–water partition coefficient (Wildman–Crippen LogP) is 2.49. The quantitative estimate of drug-likeness (QED) is 0.580. The molecule has 176 valence electrons. The van der Waals surface area contributed by atoms with E-state index in [1.165, 1.54) is 6.07 Å². The summed E-state index contributed by atoms with van der Waals surface area (Å²) in [4.78, 5) is 26.7. The van der Waals surface area contributed by atoms with Gasteiger partial charge in [-0.1, -0.05) is 24.8 Å². The van der Waals surface area contributed by atoms with Crippen LogP contribution in [0, 0.1) is 11.6 Å². The maximum absolute atomic E-state index is 13.2. The number of likely N-dealkylation sites (tertiary alicyclic amines) is 1. The van der Waals surface area contributed by atoms with Crippen LogP contribution in [0.15, 0.2) is 54.5 Å². The van der Waals surface area contributed by atoms with Crippen LogP contribution in [0.3, 0.4) is 0 Å². The van der Waals surface area contributed by atoms with Crippen molar-refractivity contribution < 1.29 is 26.8 Å². The van der Waals surface area contributed by atoms with Crippen LogP contribution in [0.4, 0.5) is 8.78 Å². The Morgan fingerprint density at radius 1 is 1.09 bits per heavy atom. The summed E-state index contributed by atoms with van der Waals surface area (Å²) in [5.41, 5.74) is 1.57. The summed E-state index contributed by atoms with van der Waals surface area (Å²) >= 11 is 0. The van der Waals surface area contributed by atoms with Gasteiger partial charge in [-0.2, -0.15) is 0 Å². The Labute approximate surface area is 191 Å². The van der Waals surface area contributed by atoms with Crippen molar-refractivity contribution in [2.45, 2.75) is 31.8 Å². The summed E-state index contributed by atoms with van der Waals surface area (Å²) < 4.78 is 51.8. The molecule has 0 radical (unpaired) electrons. The van der Waals surface area contributed by atoms with E-state index >= 15 is 0 Å². The molecule has 7 nitrogen and oxygen atoms in total. The first-order valence-corrected chi connectivity index (χ1v) is 12.0. The van der Waals surface area contributed by atoms with Gasteiger partial charge in [-0.05, 0) is 48.2 Å². The highest BCUT2D eigenvalue weighted by atomic mass is 32.2. The number of benzene rings is 2. The van der Waals surface area contributed by atoms with Gasteiger partial charge < -0.3 is 10.2 Å². The van der Waals surface area contributed by atoms with E-state index in [9.17, 15) is 26.8 Å². The summed E-state index contributed by atoms with van der Waals surface area (Å²) in [5.74, 6) is -2.42. The van der Waals surface area contributed by atoms with Crippen LogP contribution in [0.2, 0.25) is 0 Å². The fourth-order valence-corrected chi connectivity index (χ4v) is 4.16. The number of carbonyl (C=O) groups excluding carboxylic acids is 2. The highest BCUT2D eigenvalue weighted by Gasteiger charge is 2.30. The van der Waals surface area contributed by atoms with Crippen LogP contribution in [-0.4, -0.2) is 44.3 Å². The van der Waals surface area contributed by atoms with Crippen LogP contribution in [0.1, 0.15) is 34.3 Å². The standard InChI is InChI=1S/C23H25F2N3O4S/c1-2-33(31,32)27-15-19-4-3-11-28(19)23(30)18-8-5-16(6-9-18)13-22(29)26-14-17-7-10-20(24)21(25)12-17/h2,5-10,12,19,27H,1,3-4,11,13-15H2,(H,26,29)/t19-/m1/s1. The van der Waals surface area contributed by atoms with Crippen molar-refractivity contribution in [2.75, 3.05) is 13.1 Å². The second-order valence-corrected chi connectivity index (χ2v) is 9.47. The highest BCUT2D eigenvalue weighted by Crippen LogP contribution is 2.20. The monoisotopic (exact) mass is 477 g/mol. The van der Waals surface area contributed by atoms with Gasteiger partial charge in [-0.3, -0.25) is 9.59 Å². The summed E-state index contributed by atoms with van der Waals surface area (Å²) in [6.07, 6.45) is 1.54. The minimum Gasteiger partial charge on any atom is -0.352 e. The van der Waals surface area contributed by atoms with Crippen molar-refractivity contribution >= 4 is 21.8 Å². The number of rotatable bonds is 9. The molecule has 10 heteroatoms. The molecule has 0 aliphatic carbocycles. The smallest absolute Gasteiger partial charge is 0.254 e. The molecule has 0 aromatic heterocycles. The van der Waals surface area contributed by atoms with Crippen LogP contribution < -0.4 is 10.0 Å². The Bertz CT molecular complexity index is 1140. The number of hydrogen-bond acceptors (Lipinski definition) is 4. The van der Waals surface area contributed by atoms with Gasteiger partial charge in [0.05, 0.1) is 6.42 Å². The maximum Gasteiger partial charge on any atom is 0.254 e. The van der Waals surface area contributed by atoms with E-state index in [2.05, 4.69) is 16.6 Å². The molecule has 0 saturated carbocycles. The number of hydrogen-bond donors (Lipinski definition) is 2. The molecule has 1 aliphatic rings. The first kappa shape index (κ1) is 24.5. The molecule has 2 aromatic rings. The Hall–Kier alpha value is -3.11. The lowest BCUT2D eigenvalue weighted by Gasteiger charge is -2.25. The van der Waals surface area contributed by atoms with E-state index < -0.39 is 21.7 Å². The minimum atomic E-state index is -3.56. The molecule has 0 bridgehead atoms. The third kappa shape index (κ3) is 6.69. The fraction of sp³-hybridized carbons (Fsp3) is 0.304. The predicted molar refractivity (Wildman–Crippen MR) is 120 cm³/mol. The third-order valence-corrected chi connectivity index (χ3v) is 6.42. The number of nitrogens with one attached hydrogen (secondary N) is 2. The molecule has 1 saturated heterocycles. The molecule has 33 heavy (non-hydrogen) atoms.